The Hall–Kier alpha value is -7.56. The minimum atomic E-state index is -0.423. The third-order valence-corrected chi connectivity index (χ3v) is 12.7. The monoisotopic (exact) mass is 739 g/mol. The van der Waals surface area contributed by atoms with E-state index >= 15 is 0 Å². The van der Waals surface area contributed by atoms with Crippen LogP contribution in [0.2, 0.25) is 0 Å². The summed E-state index contributed by atoms with van der Waals surface area (Å²) in [4.78, 5) is 10.4. The molecule has 58 heavy (non-hydrogen) atoms. The van der Waals surface area contributed by atoms with Gasteiger partial charge in [0.05, 0.1) is 5.41 Å². The number of rotatable bonds is 4. The number of hydrogen-bond acceptors (Lipinski definition) is 4. The third-order valence-electron chi connectivity index (χ3n) is 12.7. The predicted molar refractivity (Wildman–Crippen MR) is 237 cm³/mol. The Morgan fingerprint density at radius 3 is 1.83 bits per heavy atom. The number of nitrogens with one attached hydrogen (secondary N) is 1. The molecule has 1 N–H and O–H groups in total. The van der Waals surface area contributed by atoms with Gasteiger partial charge in [-0.2, -0.15) is 0 Å². The van der Waals surface area contributed by atoms with E-state index in [0.29, 0.717) is 0 Å². The van der Waals surface area contributed by atoms with E-state index in [0.717, 1.165) is 55.9 Å². The molecular weight excluding hydrogens is 707 g/mol. The van der Waals surface area contributed by atoms with Crippen molar-refractivity contribution in [3.8, 4) is 22.3 Å². The molecule has 1 unspecified atom stereocenters. The normalized spacial score (nSPS) is 15.9. The van der Waals surface area contributed by atoms with Gasteiger partial charge in [0, 0.05) is 21.9 Å². The average Bonchev–Trinajstić information content (AvgIpc) is 3.93. The summed E-state index contributed by atoms with van der Waals surface area (Å²) in [6.07, 6.45) is -0.423. The second-order valence-electron chi connectivity index (χ2n) is 15.7. The van der Waals surface area contributed by atoms with E-state index in [-0.39, 0.29) is 5.41 Å². The first-order valence-corrected chi connectivity index (χ1v) is 19.9. The van der Waals surface area contributed by atoms with Crippen LogP contribution in [-0.2, 0) is 5.41 Å². The van der Waals surface area contributed by atoms with Crippen LogP contribution in [0.25, 0.3) is 65.7 Å². The summed E-state index contributed by atoms with van der Waals surface area (Å²) in [6, 6.07) is 68.0. The molecule has 0 bridgehead atoms. The van der Waals surface area contributed by atoms with Crippen LogP contribution in [-0.4, -0.2) is 11.7 Å². The molecule has 0 saturated carbocycles. The number of hydrogen-bond donors (Lipinski definition) is 1. The average molecular weight is 740 g/mol. The van der Waals surface area contributed by atoms with Crippen LogP contribution in [0.3, 0.4) is 0 Å². The summed E-state index contributed by atoms with van der Waals surface area (Å²) >= 11 is 0. The van der Waals surface area contributed by atoms with Crippen molar-refractivity contribution >= 4 is 55.2 Å². The Balaban J connectivity index is 0.926. The number of benzene rings is 9. The molecule has 4 nitrogen and oxygen atoms in total. The number of furan rings is 1. The first-order chi connectivity index (χ1) is 28.7. The van der Waals surface area contributed by atoms with Crippen LogP contribution < -0.4 is 5.32 Å². The van der Waals surface area contributed by atoms with E-state index in [4.69, 9.17) is 14.4 Å². The van der Waals surface area contributed by atoms with Gasteiger partial charge >= 0.3 is 0 Å². The summed E-state index contributed by atoms with van der Waals surface area (Å²) in [7, 11) is 0. The van der Waals surface area contributed by atoms with Gasteiger partial charge in [0.25, 0.3) is 0 Å². The number of para-hydroxylation sites is 1. The highest BCUT2D eigenvalue weighted by molar-refractivity contribution is 6.19. The molecule has 2 heterocycles. The van der Waals surface area contributed by atoms with E-state index in [1.165, 1.54) is 60.5 Å². The molecule has 1 aliphatic heterocycles. The first-order valence-electron chi connectivity index (χ1n) is 19.9. The topological polar surface area (TPSA) is 49.9 Å². The van der Waals surface area contributed by atoms with Gasteiger partial charge in [-0.05, 0) is 102 Å². The molecule has 0 saturated heterocycles. The number of aliphatic imine (C=N–C) groups is 2. The lowest BCUT2D eigenvalue weighted by molar-refractivity contribution is 0.669. The van der Waals surface area contributed by atoms with Gasteiger partial charge < -0.3 is 9.73 Å². The van der Waals surface area contributed by atoms with E-state index in [9.17, 15) is 0 Å². The van der Waals surface area contributed by atoms with E-state index in [1.807, 2.05) is 36.4 Å². The van der Waals surface area contributed by atoms with Gasteiger partial charge in [-0.1, -0.05) is 158 Å². The predicted octanol–water partition coefficient (Wildman–Crippen LogP) is 12.7. The number of fused-ring (bicyclic) bond motifs is 10. The fourth-order valence-electron chi connectivity index (χ4n) is 10.2. The zero-order valence-corrected chi connectivity index (χ0v) is 31.3. The fourth-order valence-corrected chi connectivity index (χ4v) is 10.2. The highest BCUT2D eigenvalue weighted by Crippen LogP contribution is 2.62. The summed E-state index contributed by atoms with van der Waals surface area (Å²) < 4.78 is 6.15. The van der Waals surface area contributed by atoms with Crippen molar-refractivity contribution in [2.45, 2.75) is 11.6 Å². The van der Waals surface area contributed by atoms with Crippen molar-refractivity contribution in [2.75, 3.05) is 0 Å². The van der Waals surface area contributed by atoms with Crippen LogP contribution in [0.15, 0.2) is 202 Å². The maximum absolute atomic E-state index is 6.15. The van der Waals surface area contributed by atoms with Crippen LogP contribution in [0.1, 0.15) is 45.1 Å². The molecule has 13 rings (SSSR count). The van der Waals surface area contributed by atoms with Gasteiger partial charge in [0.1, 0.15) is 22.8 Å². The Morgan fingerprint density at radius 1 is 0.414 bits per heavy atom. The summed E-state index contributed by atoms with van der Waals surface area (Å²) in [5.74, 6) is 1.57. The molecule has 1 spiro atoms. The van der Waals surface area contributed by atoms with Crippen molar-refractivity contribution < 1.29 is 4.42 Å². The molecule has 270 valence electrons. The number of amidine groups is 2. The SMILES string of the molecule is c1ccc(C2=NC(c3ccc(-c4ccc5c(c4)C4(c6ccccc6-5)c5cccc6ccc7cccc4c7c56)cc3)N=C(c3ccc4oc5ccccc5c4c3)N2)cc1. The molecule has 2 aliphatic carbocycles. The minimum absolute atomic E-state index is 0.390. The van der Waals surface area contributed by atoms with Crippen LogP contribution in [0, 0.1) is 0 Å². The van der Waals surface area contributed by atoms with Crippen LogP contribution >= 0.6 is 0 Å². The molecule has 0 radical (unpaired) electrons. The molecular formula is C54H33N3O. The Morgan fingerprint density at radius 2 is 1.03 bits per heavy atom. The molecule has 1 atom stereocenters. The van der Waals surface area contributed by atoms with Crippen molar-refractivity contribution in [3.05, 3.63) is 227 Å². The standard InChI is InChI=1S/C54H33N3O/c1-2-10-35(11-3-1)51-55-52(57-53(56-51)38-27-29-48-42(30-38)41-15-5-7-19-47(41)58-48)36-24-20-32(21-25-36)37-26-28-40-39-14-4-6-16-43(39)54(46(40)31-37)44-17-8-12-33-22-23-34-13-9-18-45(54)50(34)49(33)44/h1-31,52H,(H,55,56,57). The lowest BCUT2D eigenvalue weighted by Gasteiger charge is -2.31. The van der Waals surface area contributed by atoms with E-state index in [1.54, 1.807) is 0 Å². The molecule has 0 fully saturated rings. The quantitative estimate of drug-likeness (QED) is 0.183. The lowest BCUT2D eigenvalue weighted by atomic mass is 9.70. The van der Waals surface area contributed by atoms with Gasteiger partial charge in [-0.25, -0.2) is 9.98 Å². The van der Waals surface area contributed by atoms with Gasteiger partial charge in [-0.15, -0.1) is 0 Å². The molecule has 10 aromatic rings. The Bertz CT molecular complexity index is 3370. The molecule has 9 aromatic carbocycles. The van der Waals surface area contributed by atoms with Gasteiger partial charge in [0.2, 0.25) is 0 Å². The highest BCUT2D eigenvalue weighted by atomic mass is 16.3. The smallest absolute Gasteiger partial charge is 0.169 e. The second-order valence-corrected chi connectivity index (χ2v) is 15.7. The van der Waals surface area contributed by atoms with Gasteiger partial charge in [-0.3, -0.25) is 0 Å². The number of nitrogens with zero attached hydrogens (tertiary/aromatic N) is 2. The van der Waals surface area contributed by atoms with Crippen molar-refractivity contribution in [1.29, 1.82) is 0 Å². The maximum Gasteiger partial charge on any atom is 0.169 e. The van der Waals surface area contributed by atoms with E-state index < -0.39 is 6.17 Å². The zero-order valence-electron chi connectivity index (χ0n) is 31.3. The fraction of sp³-hybridized carbons (Fsp3) is 0.0370. The van der Waals surface area contributed by atoms with Crippen molar-refractivity contribution in [2.24, 2.45) is 9.98 Å². The lowest BCUT2D eigenvalue weighted by Crippen LogP contribution is -2.36. The molecule has 0 amide bonds. The minimum Gasteiger partial charge on any atom is -0.456 e. The largest absolute Gasteiger partial charge is 0.456 e. The van der Waals surface area contributed by atoms with Crippen molar-refractivity contribution in [1.82, 2.24) is 5.32 Å². The maximum atomic E-state index is 6.15. The first kappa shape index (κ1) is 31.6. The Labute approximate surface area is 334 Å². The van der Waals surface area contributed by atoms with Crippen molar-refractivity contribution in [3.63, 3.8) is 0 Å². The Kier molecular flexibility index (Phi) is 6.40. The second kappa shape index (κ2) is 11.7. The summed E-state index contributed by atoms with van der Waals surface area (Å²) in [6.45, 7) is 0. The molecule has 1 aromatic heterocycles. The van der Waals surface area contributed by atoms with E-state index in [2.05, 4.69) is 157 Å². The third kappa shape index (κ3) is 4.29. The van der Waals surface area contributed by atoms with Crippen LogP contribution in [0.4, 0.5) is 0 Å². The molecule has 4 heteroatoms. The van der Waals surface area contributed by atoms with Gasteiger partial charge in [0.15, 0.2) is 6.17 Å². The molecule has 3 aliphatic rings. The summed E-state index contributed by atoms with van der Waals surface area (Å²) in [5, 5.41) is 11.1. The van der Waals surface area contributed by atoms with Crippen LogP contribution in [0.5, 0.6) is 0 Å². The summed E-state index contributed by atoms with van der Waals surface area (Å²) in [5.41, 5.74) is 14.8. The highest BCUT2D eigenvalue weighted by Gasteiger charge is 2.50. The zero-order chi connectivity index (χ0) is 38.0.